The Kier molecular flexibility index (Phi) is 5.34. The summed E-state index contributed by atoms with van der Waals surface area (Å²) in [5.41, 5.74) is 6.30. The third kappa shape index (κ3) is 4.09. The van der Waals surface area contributed by atoms with E-state index in [1.807, 2.05) is 12.1 Å². The first kappa shape index (κ1) is 19.4. The van der Waals surface area contributed by atoms with E-state index < -0.39 is 16.7 Å². The van der Waals surface area contributed by atoms with E-state index in [1.165, 1.54) is 23.8 Å². The molecule has 0 spiro atoms. The van der Waals surface area contributed by atoms with Crippen LogP contribution in [0.1, 0.15) is 34.5 Å². The predicted octanol–water partition coefficient (Wildman–Crippen LogP) is 3.06. The summed E-state index contributed by atoms with van der Waals surface area (Å²) in [6.07, 6.45) is 4.15. The number of nitrogens with zero attached hydrogens (tertiary/aromatic N) is 1. The molecule has 2 amide bonds. The number of non-ortho nitro benzene ring substituents is 1. The van der Waals surface area contributed by atoms with Gasteiger partial charge in [-0.15, -0.1) is 0 Å². The van der Waals surface area contributed by atoms with E-state index in [4.69, 9.17) is 9.15 Å². The van der Waals surface area contributed by atoms with Gasteiger partial charge < -0.3 is 9.15 Å². The Hall–Kier alpha value is -3.88. The molecule has 0 fully saturated rings. The fraction of sp³-hybridized carbons (Fsp3) is 0.238. The van der Waals surface area contributed by atoms with Crippen LogP contribution in [0.3, 0.4) is 0 Å². The second-order valence-corrected chi connectivity index (χ2v) is 6.97. The van der Waals surface area contributed by atoms with Crippen molar-refractivity contribution in [1.29, 1.82) is 0 Å². The van der Waals surface area contributed by atoms with E-state index >= 15 is 0 Å². The summed E-state index contributed by atoms with van der Waals surface area (Å²) in [5, 5.41) is 11.8. The van der Waals surface area contributed by atoms with Crippen molar-refractivity contribution in [3.63, 3.8) is 0 Å². The normalized spacial score (nSPS) is 12.8. The number of nitro groups is 1. The van der Waals surface area contributed by atoms with Crippen molar-refractivity contribution in [2.45, 2.75) is 25.7 Å². The molecule has 2 N–H and O–H groups in total. The number of nitrogens with one attached hydrogen (secondary N) is 2. The molecule has 1 aromatic heterocycles. The Labute approximate surface area is 171 Å². The van der Waals surface area contributed by atoms with Crippen LogP contribution in [0.2, 0.25) is 0 Å². The summed E-state index contributed by atoms with van der Waals surface area (Å²) in [4.78, 5) is 34.2. The number of rotatable bonds is 5. The Morgan fingerprint density at radius 1 is 1.10 bits per heavy atom. The maximum atomic E-state index is 12.1. The highest BCUT2D eigenvalue weighted by Crippen LogP contribution is 2.33. The summed E-state index contributed by atoms with van der Waals surface area (Å²) < 4.78 is 11.4. The fourth-order valence-electron chi connectivity index (χ4n) is 3.48. The maximum Gasteiger partial charge on any atom is 0.276 e. The van der Waals surface area contributed by atoms with Crippen molar-refractivity contribution < 1.29 is 23.7 Å². The highest BCUT2D eigenvalue weighted by molar-refractivity contribution is 5.96. The van der Waals surface area contributed by atoms with Gasteiger partial charge >= 0.3 is 0 Å². The minimum atomic E-state index is -0.668. The fourth-order valence-corrected chi connectivity index (χ4v) is 3.48. The molecule has 9 heteroatoms. The van der Waals surface area contributed by atoms with Gasteiger partial charge in [0.1, 0.15) is 17.1 Å². The molecule has 4 rings (SSSR count). The molecule has 0 atom stereocenters. The number of hydrogen-bond donors (Lipinski definition) is 2. The van der Waals surface area contributed by atoms with Crippen LogP contribution in [-0.2, 0) is 17.6 Å². The SMILES string of the molecule is O=C(COc1ccc2oc3c(c2c1)CCCC3)NNC(=O)c1cccc([N+](=O)[O-])c1. The molecule has 1 heterocycles. The maximum absolute atomic E-state index is 12.1. The number of amides is 2. The van der Waals surface area contributed by atoms with Gasteiger partial charge in [-0.2, -0.15) is 0 Å². The van der Waals surface area contributed by atoms with Crippen molar-refractivity contribution in [3.05, 3.63) is 69.5 Å². The van der Waals surface area contributed by atoms with Crippen LogP contribution < -0.4 is 15.6 Å². The van der Waals surface area contributed by atoms with Crippen LogP contribution in [0.5, 0.6) is 5.75 Å². The number of nitro benzene ring substituents is 1. The predicted molar refractivity (Wildman–Crippen MR) is 107 cm³/mol. The molecular weight excluding hydrogens is 390 g/mol. The molecule has 3 aromatic rings. The Balaban J connectivity index is 1.33. The first-order chi connectivity index (χ1) is 14.5. The number of carbonyl (C=O) groups excluding carboxylic acids is 2. The largest absolute Gasteiger partial charge is 0.484 e. The molecule has 0 unspecified atom stereocenters. The lowest BCUT2D eigenvalue weighted by Gasteiger charge is -2.10. The molecule has 1 aliphatic rings. The van der Waals surface area contributed by atoms with Crippen molar-refractivity contribution >= 4 is 28.5 Å². The standard InChI is InChI=1S/C21H19N3O6/c25-20(22-23-21(26)13-4-3-5-14(10-13)24(27)28)12-29-15-8-9-19-17(11-15)16-6-1-2-7-18(16)30-19/h3-5,8-11H,1-2,6-7,12H2,(H,22,25)(H,23,26). The lowest BCUT2D eigenvalue weighted by molar-refractivity contribution is -0.384. The molecule has 30 heavy (non-hydrogen) atoms. The zero-order valence-electron chi connectivity index (χ0n) is 16.0. The average molecular weight is 409 g/mol. The van der Waals surface area contributed by atoms with Crippen LogP contribution in [0.15, 0.2) is 46.9 Å². The molecule has 0 bridgehead atoms. The highest BCUT2D eigenvalue weighted by atomic mass is 16.6. The van der Waals surface area contributed by atoms with E-state index in [2.05, 4.69) is 10.9 Å². The Morgan fingerprint density at radius 2 is 1.93 bits per heavy atom. The van der Waals surface area contributed by atoms with E-state index in [9.17, 15) is 19.7 Å². The molecule has 0 saturated heterocycles. The second-order valence-electron chi connectivity index (χ2n) is 6.97. The van der Waals surface area contributed by atoms with E-state index in [0.717, 1.165) is 48.5 Å². The third-order valence-electron chi connectivity index (χ3n) is 4.93. The molecule has 154 valence electrons. The quantitative estimate of drug-likeness (QED) is 0.493. The third-order valence-corrected chi connectivity index (χ3v) is 4.93. The van der Waals surface area contributed by atoms with Crippen molar-refractivity contribution in [2.24, 2.45) is 0 Å². The van der Waals surface area contributed by atoms with Crippen molar-refractivity contribution in [3.8, 4) is 5.75 Å². The minimum absolute atomic E-state index is 0.0561. The zero-order valence-corrected chi connectivity index (χ0v) is 16.0. The number of furan rings is 1. The molecule has 0 radical (unpaired) electrons. The summed E-state index contributed by atoms with van der Waals surface area (Å²) in [5.74, 6) is 0.313. The summed E-state index contributed by atoms with van der Waals surface area (Å²) in [7, 11) is 0. The Bertz CT molecular complexity index is 1140. The van der Waals surface area contributed by atoms with Gasteiger partial charge in [0.05, 0.1) is 4.92 Å². The van der Waals surface area contributed by atoms with Crippen molar-refractivity contribution in [2.75, 3.05) is 6.61 Å². The zero-order chi connectivity index (χ0) is 21.1. The number of hydrazine groups is 1. The molecule has 9 nitrogen and oxygen atoms in total. The van der Waals surface area contributed by atoms with Gasteiger partial charge in [0.25, 0.3) is 17.5 Å². The average Bonchev–Trinajstić information content (AvgIpc) is 3.14. The number of benzene rings is 2. The first-order valence-corrected chi connectivity index (χ1v) is 9.52. The van der Waals surface area contributed by atoms with Gasteiger partial charge in [-0.25, -0.2) is 0 Å². The molecule has 1 aliphatic carbocycles. The van der Waals surface area contributed by atoms with Gasteiger partial charge in [-0.05, 0) is 43.5 Å². The molecule has 2 aromatic carbocycles. The van der Waals surface area contributed by atoms with Gasteiger partial charge in [-0.3, -0.25) is 30.6 Å². The van der Waals surface area contributed by atoms with E-state index in [0.29, 0.717) is 5.75 Å². The molecular formula is C21H19N3O6. The monoisotopic (exact) mass is 409 g/mol. The number of carbonyl (C=O) groups is 2. The van der Waals surface area contributed by atoms with Crippen LogP contribution in [0, 0.1) is 10.1 Å². The van der Waals surface area contributed by atoms with Gasteiger partial charge in [0.2, 0.25) is 0 Å². The van der Waals surface area contributed by atoms with Crippen LogP contribution >= 0.6 is 0 Å². The Morgan fingerprint density at radius 3 is 2.77 bits per heavy atom. The second kappa shape index (κ2) is 8.24. The number of aryl methyl sites for hydroxylation is 2. The number of ether oxygens (including phenoxy) is 1. The highest BCUT2D eigenvalue weighted by Gasteiger charge is 2.18. The molecule has 0 saturated carbocycles. The van der Waals surface area contributed by atoms with Gasteiger partial charge in [0.15, 0.2) is 6.61 Å². The number of fused-ring (bicyclic) bond motifs is 3. The summed E-state index contributed by atoms with van der Waals surface area (Å²) >= 11 is 0. The minimum Gasteiger partial charge on any atom is -0.484 e. The summed E-state index contributed by atoms with van der Waals surface area (Å²) in [6, 6.07) is 10.6. The lowest BCUT2D eigenvalue weighted by atomic mass is 9.96. The van der Waals surface area contributed by atoms with E-state index in [-0.39, 0.29) is 17.9 Å². The van der Waals surface area contributed by atoms with Gasteiger partial charge in [-0.1, -0.05) is 6.07 Å². The number of hydrogen-bond acceptors (Lipinski definition) is 6. The van der Waals surface area contributed by atoms with Crippen molar-refractivity contribution in [1.82, 2.24) is 10.9 Å². The van der Waals surface area contributed by atoms with Crippen LogP contribution in [0.4, 0.5) is 5.69 Å². The topological polar surface area (TPSA) is 124 Å². The lowest BCUT2D eigenvalue weighted by Crippen LogP contribution is -2.43. The van der Waals surface area contributed by atoms with E-state index in [1.54, 1.807) is 6.07 Å². The van der Waals surface area contributed by atoms with Crippen LogP contribution in [0.25, 0.3) is 11.0 Å². The molecule has 0 aliphatic heterocycles. The first-order valence-electron chi connectivity index (χ1n) is 9.52. The van der Waals surface area contributed by atoms with Gasteiger partial charge in [0, 0.05) is 35.1 Å². The summed E-state index contributed by atoms with van der Waals surface area (Å²) in [6.45, 7) is -0.305. The van der Waals surface area contributed by atoms with Crippen LogP contribution in [-0.4, -0.2) is 23.3 Å². The smallest absolute Gasteiger partial charge is 0.276 e.